The van der Waals surface area contributed by atoms with Crippen LogP contribution >= 0.6 is 0 Å². The molecular formula is C21H25N7O2. The van der Waals surface area contributed by atoms with E-state index in [1.54, 1.807) is 24.7 Å². The van der Waals surface area contributed by atoms with E-state index in [-0.39, 0.29) is 17.2 Å². The third kappa shape index (κ3) is 2.75. The molecule has 5 rings (SSSR count). The molecule has 156 valence electrons. The van der Waals surface area contributed by atoms with E-state index in [0.717, 1.165) is 32.4 Å². The van der Waals surface area contributed by atoms with Gasteiger partial charge in [-0.15, -0.1) is 0 Å². The minimum Gasteiger partial charge on any atom is -0.345 e. The zero-order valence-corrected chi connectivity index (χ0v) is 17.1. The summed E-state index contributed by atoms with van der Waals surface area (Å²) in [6, 6.07) is 1.80. The smallest absolute Gasteiger partial charge is 0.274 e. The summed E-state index contributed by atoms with van der Waals surface area (Å²) in [4.78, 5) is 49.1. The maximum Gasteiger partial charge on any atom is 0.274 e. The molecule has 3 saturated heterocycles. The highest BCUT2D eigenvalue weighted by atomic mass is 16.2. The van der Waals surface area contributed by atoms with Crippen LogP contribution < -0.4 is 4.90 Å². The molecule has 5 heterocycles. The third-order valence-electron chi connectivity index (χ3n) is 7.22. The zero-order valence-electron chi connectivity index (χ0n) is 17.1. The Morgan fingerprint density at radius 1 is 0.967 bits per heavy atom. The third-order valence-corrected chi connectivity index (χ3v) is 7.22. The summed E-state index contributed by atoms with van der Waals surface area (Å²) >= 11 is 0. The molecule has 3 aliphatic rings. The van der Waals surface area contributed by atoms with Gasteiger partial charge in [0, 0.05) is 70.0 Å². The topological polar surface area (TPSA) is 95.4 Å². The first kappa shape index (κ1) is 18.9. The van der Waals surface area contributed by atoms with Gasteiger partial charge in [0.15, 0.2) is 0 Å². The molecule has 0 unspecified atom stereocenters. The van der Waals surface area contributed by atoms with Crippen molar-refractivity contribution < 1.29 is 9.59 Å². The van der Waals surface area contributed by atoms with Gasteiger partial charge in [0.2, 0.25) is 11.9 Å². The highest BCUT2D eigenvalue weighted by Crippen LogP contribution is 2.58. The molecule has 0 bridgehead atoms. The summed E-state index contributed by atoms with van der Waals surface area (Å²) in [7, 11) is 1.89. The predicted molar refractivity (Wildman–Crippen MR) is 109 cm³/mol. The first-order valence-electron chi connectivity index (χ1n) is 10.4. The fraction of sp³-hybridized carbons (Fsp3) is 0.524. The van der Waals surface area contributed by atoms with E-state index in [2.05, 4.69) is 24.8 Å². The van der Waals surface area contributed by atoms with Crippen molar-refractivity contribution in [3.63, 3.8) is 0 Å². The van der Waals surface area contributed by atoms with Crippen LogP contribution in [0.25, 0.3) is 0 Å². The van der Waals surface area contributed by atoms with Crippen LogP contribution in [0.5, 0.6) is 0 Å². The number of rotatable bonds is 2. The highest BCUT2D eigenvalue weighted by Gasteiger charge is 2.65. The van der Waals surface area contributed by atoms with E-state index in [4.69, 9.17) is 0 Å². The molecular weight excluding hydrogens is 382 g/mol. The van der Waals surface area contributed by atoms with Crippen LogP contribution in [-0.2, 0) is 4.79 Å². The zero-order chi connectivity index (χ0) is 20.8. The first-order chi connectivity index (χ1) is 14.5. The fourth-order valence-electron chi connectivity index (χ4n) is 5.58. The van der Waals surface area contributed by atoms with Crippen molar-refractivity contribution in [1.29, 1.82) is 0 Å². The number of likely N-dealkylation sites (tertiary alicyclic amines) is 2. The van der Waals surface area contributed by atoms with E-state index in [1.165, 1.54) is 12.4 Å². The molecule has 2 aromatic rings. The Morgan fingerprint density at radius 2 is 1.73 bits per heavy atom. The lowest BCUT2D eigenvalue weighted by atomic mass is 9.60. The molecule has 0 radical (unpaired) electrons. The normalized spacial score (nSPS) is 25.5. The van der Waals surface area contributed by atoms with Gasteiger partial charge in [-0.3, -0.25) is 14.6 Å². The number of hydrogen-bond donors (Lipinski definition) is 0. The maximum atomic E-state index is 13.4. The molecule has 1 atom stereocenters. The highest BCUT2D eigenvalue weighted by molar-refractivity contribution is 5.92. The Morgan fingerprint density at radius 3 is 2.37 bits per heavy atom. The molecule has 2 amide bonds. The van der Waals surface area contributed by atoms with Crippen molar-refractivity contribution in [1.82, 2.24) is 29.7 Å². The summed E-state index contributed by atoms with van der Waals surface area (Å²) < 4.78 is 0. The van der Waals surface area contributed by atoms with Crippen molar-refractivity contribution in [2.75, 3.05) is 44.7 Å². The van der Waals surface area contributed by atoms with Gasteiger partial charge in [0.1, 0.15) is 5.69 Å². The van der Waals surface area contributed by atoms with Gasteiger partial charge in [0.25, 0.3) is 5.91 Å². The lowest BCUT2D eigenvalue weighted by Crippen LogP contribution is -2.53. The molecule has 3 aliphatic heterocycles. The quantitative estimate of drug-likeness (QED) is 0.728. The van der Waals surface area contributed by atoms with Crippen LogP contribution in [0.2, 0.25) is 0 Å². The first-order valence-corrected chi connectivity index (χ1v) is 10.4. The number of carbonyl (C=O) groups is 2. The van der Waals surface area contributed by atoms with Crippen molar-refractivity contribution in [3.05, 3.63) is 42.7 Å². The second kappa shape index (κ2) is 7.00. The van der Waals surface area contributed by atoms with Crippen LogP contribution in [-0.4, -0.2) is 81.3 Å². The fourth-order valence-corrected chi connectivity index (χ4v) is 5.58. The summed E-state index contributed by atoms with van der Waals surface area (Å²) in [5.74, 6) is 0.798. The molecule has 30 heavy (non-hydrogen) atoms. The number of piperidine rings is 1. The Labute approximate surface area is 175 Å². The molecule has 3 fully saturated rings. The summed E-state index contributed by atoms with van der Waals surface area (Å²) in [6.07, 6.45) is 10.5. The maximum absolute atomic E-state index is 13.4. The molecule has 0 N–H and O–H groups in total. The van der Waals surface area contributed by atoms with Gasteiger partial charge in [0.05, 0.1) is 11.6 Å². The van der Waals surface area contributed by atoms with Crippen molar-refractivity contribution in [3.8, 4) is 0 Å². The van der Waals surface area contributed by atoms with Gasteiger partial charge in [-0.25, -0.2) is 15.0 Å². The Bertz CT molecular complexity index is 946. The number of carbonyl (C=O) groups excluding carboxylic acids is 2. The van der Waals surface area contributed by atoms with E-state index >= 15 is 0 Å². The van der Waals surface area contributed by atoms with Crippen molar-refractivity contribution in [2.45, 2.75) is 19.3 Å². The van der Waals surface area contributed by atoms with Crippen molar-refractivity contribution in [2.24, 2.45) is 10.8 Å². The molecule has 0 aromatic carbocycles. The predicted octanol–water partition coefficient (Wildman–Crippen LogP) is 0.858. The number of fused-ring (bicyclic) bond motifs is 1. The van der Waals surface area contributed by atoms with E-state index < -0.39 is 5.41 Å². The van der Waals surface area contributed by atoms with Crippen LogP contribution in [0.1, 0.15) is 29.8 Å². The number of aromatic nitrogens is 4. The average Bonchev–Trinajstić information content (AvgIpc) is 3.28. The molecule has 9 heteroatoms. The van der Waals surface area contributed by atoms with Crippen LogP contribution in [0, 0.1) is 10.8 Å². The van der Waals surface area contributed by atoms with Gasteiger partial charge in [-0.2, -0.15) is 0 Å². The monoisotopic (exact) mass is 407 g/mol. The Kier molecular flexibility index (Phi) is 4.41. The van der Waals surface area contributed by atoms with E-state index in [9.17, 15) is 9.59 Å². The van der Waals surface area contributed by atoms with Crippen LogP contribution in [0.4, 0.5) is 5.95 Å². The number of nitrogens with zero attached hydrogens (tertiary/aromatic N) is 7. The number of amides is 2. The number of anilines is 1. The minimum absolute atomic E-state index is 0.0943. The summed E-state index contributed by atoms with van der Waals surface area (Å²) in [5, 5.41) is 0. The lowest BCUT2D eigenvalue weighted by Gasteiger charge is -2.46. The van der Waals surface area contributed by atoms with E-state index in [1.807, 2.05) is 16.8 Å². The molecule has 2 spiro atoms. The Balaban J connectivity index is 1.42. The van der Waals surface area contributed by atoms with Crippen LogP contribution in [0.3, 0.4) is 0 Å². The second-order valence-corrected chi connectivity index (χ2v) is 8.63. The molecule has 0 aliphatic carbocycles. The Hall–Kier alpha value is -3.10. The molecule has 2 aromatic heterocycles. The van der Waals surface area contributed by atoms with Gasteiger partial charge in [-0.1, -0.05) is 0 Å². The largest absolute Gasteiger partial charge is 0.345 e. The second-order valence-electron chi connectivity index (χ2n) is 8.63. The van der Waals surface area contributed by atoms with Gasteiger partial charge in [-0.05, 0) is 25.3 Å². The van der Waals surface area contributed by atoms with E-state index in [0.29, 0.717) is 31.3 Å². The van der Waals surface area contributed by atoms with Crippen molar-refractivity contribution >= 4 is 17.8 Å². The SMILES string of the molecule is CN1CC[C@]2(CN(c3ncccn3)CC23CCN(C(=O)c2cnccn2)CC3)C1=O. The van der Waals surface area contributed by atoms with Gasteiger partial charge >= 0.3 is 0 Å². The van der Waals surface area contributed by atoms with Crippen LogP contribution in [0.15, 0.2) is 37.1 Å². The molecule has 9 nitrogen and oxygen atoms in total. The summed E-state index contributed by atoms with van der Waals surface area (Å²) in [5.41, 5.74) is -0.263. The molecule has 0 saturated carbocycles. The lowest BCUT2D eigenvalue weighted by molar-refractivity contribution is -0.140. The minimum atomic E-state index is -0.442. The standard InChI is InChI=1S/C21H25N7O2/c1-26-10-5-21(18(26)30)15-28(19-24-6-2-7-25-19)14-20(21)3-11-27(12-4-20)17(29)16-13-22-8-9-23-16/h2,6-9,13H,3-5,10-12,14-15H2,1H3/t21-/m0/s1. The average molecular weight is 407 g/mol. The summed E-state index contributed by atoms with van der Waals surface area (Å²) in [6.45, 7) is 3.36. The van der Waals surface area contributed by atoms with Gasteiger partial charge < -0.3 is 14.7 Å². The number of hydrogen-bond acceptors (Lipinski definition) is 7.